The second-order valence-electron chi connectivity index (χ2n) is 5.22. The summed E-state index contributed by atoms with van der Waals surface area (Å²) in [5.41, 5.74) is 0.482. The summed E-state index contributed by atoms with van der Waals surface area (Å²) in [6.07, 6.45) is 0. The van der Waals surface area contributed by atoms with Crippen LogP contribution in [0.4, 0.5) is 5.69 Å². The molecule has 2 aromatic carbocycles. The first-order valence-electron chi connectivity index (χ1n) is 8.09. The molecule has 0 atom stereocenters. The first-order valence-corrected chi connectivity index (χ1v) is 8.47. The first-order chi connectivity index (χ1) is 13.0. The predicted octanol–water partition coefficient (Wildman–Crippen LogP) is 3.08. The highest BCUT2D eigenvalue weighted by molar-refractivity contribution is 6.30. The summed E-state index contributed by atoms with van der Waals surface area (Å²) >= 11 is 5.81. The molecule has 0 fully saturated rings. The molecule has 27 heavy (non-hydrogen) atoms. The van der Waals surface area contributed by atoms with E-state index in [1.54, 1.807) is 49.4 Å². The van der Waals surface area contributed by atoms with Gasteiger partial charge in [0, 0.05) is 5.02 Å². The second kappa shape index (κ2) is 10.2. The highest BCUT2D eigenvalue weighted by atomic mass is 35.5. The Labute approximate surface area is 161 Å². The number of amides is 1. The summed E-state index contributed by atoms with van der Waals surface area (Å²) in [6, 6.07) is 12.9. The minimum atomic E-state index is -0.719. The van der Waals surface area contributed by atoms with Crippen LogP contribution in [0.25, 0.3) is 0 Å². The molecule has 0 aromatic heterocycles. The van der Waals surface area contributed by atoms with Crippen LogP contribution in [-0.4, -0.2) is 37.7 Å². The molecule has 0 aliphatic carbocycles. The highest BCUT2D eigenvalue weighted by Gasteiger charge is 2.15. The maximum absolute atomic E-state index is 12.0. The SMILES string of the molecule is CCOC(=O)c1ccccc1NC(=O)COC(=O)COc1cccc(Cl)c1. The van der Waals surface area contributed by atoms with Crippen LogP contribution in [-0.2, 0) is 19.1 Å². The fraction of sp³-hybridized carbons (Fsp3) is 0.211. The van der Waals surface area contributed by atoms with Gasteiger partial charge in [0.05, 0.1) is 17.9 Å². The average molecular weight is 392 g/mol. The van der Waals surface area contributed by atoms with E-state index >= 15 is 0 Å². The van der Waals surface area contributed by atoms with Gasteiger partial charge in [0.1, 0.15) is 5.75 Å². The quantitative estimate of drug-likeness (QED) is 0.695. The van der Waals surface area contributed by atoms with Crippen LogP contribution in [0.3, 0.4) is 0 Å². The molecule has 1 amide bonds. The third-order valence-corrected chi connectivity index (χ3v) is 3.45. The molecule has 0 aliphatic heterocycles. The Morgan fingerprint density at radius 2 is 1.78 bits per heavy atom. The van der Waals surface area contributed by atoms with Gasteiger partial charge in [-0.15, -0.1) is 0 Å². The monoisotopic (exact) mass is 391 g/mol. The van der Waals surface area contributed by atoms with E-state index in [1.165, 1.54) is 6.07 Å². The van der Waals surface area contributed by atoms with Crippen LogP contribution in [0.1, 0.15) is 17.3 Å². The number of nitrogens with one attached hydrogen (secondary N) is 1. The van der Waals surface area contributed by atoms with Crippen molar-refractivity contribution in [2.75, 3.05) is 25.1 Å². The van der Waals surface area contributed by atoms with Crippen molar-refractivity contribution in [3.05, 3.63) is 59.1 Å². The number of para-hydroxylation sites is 1. The highest BCUT2D eigenvalue weighted by Crippen LogP contribution is 2.17. The van der Waals surface area contributed by atoms with Crippen molar-refractivity contribution in [2.45, 2.75) is 6.92 Å². The Hall–Kier alpha value is -3.06. The topological polar surface area (TPSA) is 90.9 Å². The number of carbonyl (C=O) groups excluding carboxylic acids is 3. The molecule has 0 saturated heterocycles. The van der Waals surface area contributed by atoms with Crippen LogP contribution in [0.5, 0.6) is 5.75 Å². The van der Waals surface area contributed by atoms with Crippen molar-refractivity contribution in [3.63, 3.8) is 0 Å². The fourth-order valence-electron chi connectivity index (χ4n) is 2.05. The maximum Gasteiger partial charge on any atom is 0.344 e. The Morgan fingerprint density at radius 1 is 1.00 bits per heavy atom. The summed E-state index contributed by atoms with van der Waals surface area (Å²) < 4.78 is 15.0. The van der Waals surface area contributed by atoms with Gasteiger partial charge in [0.15, 0.2) is 13.2 Å². The van der Waals surface area contributed by atoms with E-state index in [1.807, 2.05) is 0 Å². The van der Waals surface area contributed by atoms with E-state index in [0.717, 1.165) is 0 Å². The van der Waals surface area contributed by atoms with Crippen molar-refractivity contribution < 1.29 is 28.6 Å². The molecule has 0 heterocycles. The van der Waals surface area contributed by atoms with Gasteiger partial charge < -0.3 is 19.5 Å². The van der Waals surface area contributed by atoms with Crippen LogP contribution >= 0.6 is 11.6 Å². The third-order valence-electron chi connectivity index (χ3n) is 3.21. The summed E-state index contributed by atoms with van der Waals surface area (Å²) in [5.74, 6) is -1.46. The zero-order valence-corrected chi connectivity index (χ0v) is 15.3. The molecule has 2 rings (SSSR count). The zero-order valence-electron chi connectivity index (χ0n) is 14.6. The molecule has 8 heteroatoms. The molecule has 1 N–H and O–H groups in total. The molecular weight excluding hydrogens is 374 g/mol. The minimum Gasteiger partial charge on any atom is -0.482 e. The van der Waals surface area contributed by atoms with Crippen molar-refractivity contribution in [2.24, 2.45) is 0 Å². The number of hydrogen-bond acceptors (Lipinski definition) is 6. The zero-order chi connectivity index (χ0) is 19.6. The van der Waals surface area contributed by atoms with E-state index in [0.29, 0.717) is 10.8 Å². The van der Waals surface area contributed by atoms with Gasteiger partial charge in [-0.25, -0.2) is 9.59 Å². The standard InChI is InChI=1S/C19H18ClNO6/c1-2-25-19(24)15-8-3-4-9-16(15)21-17(22)11-27-18(23)12-26-14-7-5-6-13(20)10-14/h3-10H,2,11-12H2,1H3,(H,21,22). The maximum atomic E-state index is 12.0. The molecule has 0 radical (unpaired) electrons. The van der Waals surface area contributed by atoms with Gasteiger partial charge in [0.25, 0.3) is 5.91 Å². The molecule has 0 bridgehead atoms. The molecule has 0 aliphatic rings. The van der Waals surface area contributed by atoms with Gasteiger partial charge in [-0.1, -0.05) is 29.8 Å². The van der Waals surface area contributed by atoms with E-state index < -0.39 is 24.5 Å². The Morgan fingerprint density at radius 3 is 2.52 bits per heavy atom. The lowest BCUT2D eigenvalue weighted by atomic mass is 10.2. The second-order valence-corrected chi connectivity index (χ2v) is 5.66. The number of anilines is 1. The molecular formula is C19H18ClNO6. The lowest BCUT2D eigenvalue weighted by Gasteiger charge is -2.11. The molecule has 2 aromatic rings. The fourth-order valence-corrected chi connectivity index (χ4v) is 2.23. The van der Waals surface area contributed by atoms with Crippen LogP contribution in [0.15, 0.2) is 48.5 Å². The van der Waals surface area contributed by atoms with Crippen LogP contribution < -0.4 is 10.1 Å². The summed E-state index contributed by atoms with van der Waals surface area (Å²) in [4.78, 5) is 35.5. The lowest BCUT2D eigenvalue weighted by molar-refractivity contribution is -0.149. The van der Waals surface area contributed by atoms with E-state index in [9.17, 15) is 14.4 Å². The number of rotatable bonds is 8. The first kappa shape index (κ1) is 20.3. The van der Waals surface area contributed by atoms with Crippen molar-refractivity contribution in [3.8, 4) is 5.75 Å². The molecule has 0 unspecified atom stereocenters. The molecule has 0 saturated carbocycles. The van der Waals surface area contributed by atoms with Gasteiger partial charge in [0.2, 0.25) is 0 Å². The van der Waals surface area contributed by atoms with Gasteiger partial charge in [-0.3, -0.25) is 4.79 Å². The predicted molar refractivity (Wildman–Crippen MR) is 98.9 cm³/mol. The smallest absolute Gasteiger partial charge is 0.344 e. The number of carbonyl (C=O) groups is 3. The molecule has 7 nitrogen and oxygen atoms in total. The summed E-state index contributed by atoms with van der Waals surface area (Å²) in [6.45, 7) is 1.01. The Kier molecular flexibility index (Phi) is 7.63. The van der Waals surface area contributed by atoms with Gasteiger partial charge in [-0.2, -0.15) is 0 Å². The number of halogens is 1. The normalized spacial score (nSPS) is 10.0. The van der Waals surface area contributed by atoms with Crippen molar-refractivity contribution in [1.29, 1.82) is 0 Å². The largest absolute Gasteiger partial charge is 0.482 e. The Bertz CT molecular complexity index is 823. The van der Waals surface area contributed by atoms with Crippen molar-refractivity contribution in [1.82, 2.24) is 0 Å². The van der Waals surface area contributed by atoms with E-state index in [-0.39, 0.29) is 24.5 Å². The number of ether oxygens (including phenoxy) is 3. The number of hydrogen-bond donors (Lipinski definition) is 1. The number of esters is 2. The molecule has 0 spiro atoms. The van der Waals surface area contributed by atoms with E-state index in [2.05, 4.69) is 5.32 Å². The number of benzene rings is 2. The van der Waals surface area contributed by atoms with Gasteiger partial charge in [-0.05, 0) is 37.3 Å². The lowest BCUT2D eigenvalue weighted by Crippen LogP contribution is -2.24. The van der Waals surface area contributed by atoms with Crippen LogP contribution in [0, 0.1) is 0 Å². The average Bonchev–Trinajstić information content (AvgIpc) is 2.65. The Balaban J connectivity index is 1.82. The molecule has 142 valence electrons. The minimum absolute atomic E-state index is 0.211. The van der Waals surface area contributed by atoms with Crippen LogP contribution in [0.2, 0.25) is 5.02 Å². The van der Waals surface area contributed by atoms with Crippen molar-refractivity contribution >= 4 is 35.1 Å². The summed E-state index contributed by atoms with van der Waals surface area (Å²) in [5, 5.41) is 2.98. The third kappa shape index (κ3) is 6.63. The van der Waals surface area contributed by atoms with E-state index in [4.69, 9.17) is 25.8 Å². The van der Waals surface area contributed by atoms with Gasteiger partial charge >= 0.3 is 11.9 Å². The summed E-state index contributed by atoms with van der Waals surface area (Å²) in [7, 11) is 0.